The number of aromatic nitrogens is 3. The number of aromatic hydroxyl groups is 1. The quantitative estimate of drug-likeness (QED) is 0.194. The Bertz CT molecular complexity index is 1880. The standard InChI is InChI=1S/C29H24ClFIN5O2S/c1-17-16-35(8-6-33-17)26-12-19(13-27-21(26)5-7-37(27)40-32)23-15-20(31)14-22(28(23)38)18-3-4-25(24(30)11-18)36-10-9-34(2)29(36)39/h3-5,7,9-16,33,38H,6,8H2,1-2H3. The van der Waals surface area contributed by atoms with Crippen LogP contribution in [0.25, 0.3) is 38.8 Å². The van der Waals surface area contributed by atoms with Crippen molar-refractivity contribution < 1.29 is 9.50 Å². The first-order chi connectivity index (χ1) is 19.2. The number of hydrogen-bond donors (Lipinski definition) is 2. The number of phenols is 1. The minimum Gasteiger partial charge on any atom is -0.507 e. The van der Waals surface area contributed by atoms with Crippen molar-refractivity contribution in [2.24, 2.45) is 7.05 Å². The summed E-state index contributed by atoms with van der Waals surface area (Å²) in [4.78, 5) is 14.6. The summed E-state index contributed by atoms with van der Waals surface area (Å²) >= 11 is 8.81. The summed E-state index contributed by atoms with van der Waals surface area (Å²) in [6, 6.07) is 13.7. The van der Waals surface area contributed by atoms with Gasteiger partial charge in [-0.15, -0.1) is 0 Å². The van der Waals surface area contributed by atoms with E-state index in [-0.39, 0.29) is 11.4 Å². The van der Waals surface area contributed by atoms with Gasteiger partial charge in [-0.05, 0) is 60.5 Å². The second kappa shape index (κ2) is 10.6. The summed E-state index contributed by atoms with van der Waals surface area (Å²) in [5.74, 6) is -0.542. The van der Waals surface area contributed by atoms with E-state index < -0.39 is 5.82 Å². The Morgan fingerprint density at radius 1 is 1.02 bits per heavy atom. The Morgan fingerprint density at radius 3 is 2.48 bits per heavy atom. The molecule has 0 radical (unpaired) electrons. The normalized spacial score (nSPS) is 13.5. The predicted molar refractivity (Wildman–Crippen MR) is 170 cm³/mol. The number of anilines is 1. The van der Waals surface area contributed by atoms with Crippen molar-refractivity contribution in [1.29, 1.82) is 0 Å². The highest BCUT2D eigenvalue weighted by Gasteiger charge is 2.20. The summed E-state index contributed by atoms with van der Waals surface area (Å²) in [6.07, 6.45) is 7.35. The van der Waals surface area contributed by atoms with E-state index in [1.54, 1.807) is 37.6 Å². The maximum atomic E-state index is 15.2. The fraction of sp³-hybridized carbons (Fsp3) is 0.138. The van der Waals surface area contributed by atoms with Crippen LogP contribution in [0.4, 0.5) is 10.1 Å². The van der Waals surface area contributed by atoms with Gasteiger partial charge in [0, 0.05) is 97.5 Å². The van der Waals surface area contributed by atoms with Crippen LogP contribution in [-0.2, 0) is 7.05 Å². The molecule has 0 spiro atoms. The lowest BCUT2D eigenvalue weighted by molar-refractivity contribution is 0.477. The molecule has 0 saturated heterocycles. The van der Waals surface area contributed by atoms with Crippen LogP contribution in [0.5, 0.6) is 5.75 Å². The third-order valence-electron chi connectivity index (χ3n) is 7.09. The molecular weight excluding hydrogens is 664 g/mol. The lowest BCUT2D eigenvalue weighted by Gasteiger charge is -2.28. The fourth-order valence-corrected chi connectivity index (χ4v) is 6.75. The van der Waals surface area contributed by atoms with E-state index in [9.17, 15) is 9.90 Å². The molecule has 7 nitrogen and oxygen atoms in total. The van der Waals surface area contributed by atoms with Gasteiger partial charge >= 0.3 is 5.69 Å². The zero-order valence-electron chi connectivity index (χ0n) is 21.5. The fourth-order valence-electron chi connectivity index (χ4n) is 5.12. The van der Waals surface area contributed by atoms with Gasteiger partial charge in [0.05, 0.1) is 21.9 Å². The minimum atomic E-state index is -0.486. The second-order valence-corrected chi connectivity index (χ2v) is 11.8. The van der Waals surface area contributed by atoms with E-state index in [0.29, 0.717) is 33.0 Å². The summed E-state index contributed by atoms with van der Waals surface area (Å²) in [7, 11) is 3.20. The smallest absolute Gasteiger partial charge is 0.332 e. The van der Waals surface area contributed by atoms with Crippen LogP contribution in [0.15, 0.2) is 83.8 Å². The van der Waals surface area contributed by atoms with Crippen molar-refractivity contribution in [2.75, 3.05) is 18.0 Å². The zero-order valence-corrected chi connectivity index (χ0v) is 25.3. The molecule has 1 aliphatic heterocycles. The van der Waals surface area contributed by atoms with Crippen LogP contribution in [0.1, 0.15) is 6.92 Å². The molecule has 40 heavy (non-hydrogen) atoms. The average Bonchev–Trinajstić information content (AvgIpc) is 3.51. The Morgan fingerprint density at radius 2 is 1.80 bits per heavy atom. The number of aryl methyl sites for hydroxylation is 1. The molecule has 0 amide bonds. The number of rotatable bonds is 5. The second-order valence-electron chi connectivity index (χ2n) is 9.65. The van der Waals surface area contributed by atoms with Crippen LogP contribution in [0, 0.1) is 5.82 Å². The molecule has 0 atom stereocenters. The maximum absolute atomic E-state index is 15.2. The molecule has 11 heteroatoms. The largest absolute Gasteiger partial charge is 0.507 e. The monoisotopic (exact) mass is 687 g/mol. The highest BCUT2D eigenvalue weighted by atomic mass is 127. The minimum absolute atomic E-state index is 0.0559. The van der Waals surface area contributed by atoms with E-state index in [4.69, 9.17) is 11.6 Å². The summed E-state index contributed by atoms with van der Waals surface area (Å²) < 4.78 is 20.1. The third-order valence-corrected chi connectivity index (χ3v) is 9.13. The van der Waals surface area contributed by atoms with Gasteiger partial charge in [0.2, 0.25) is 0 Å². The first kappa shape index (κ1) is 26.9. The van der Waals surface area contributed by atoms with Gasteiger partial charge < -0.3 is 19.9 Å². The van der Waals surface area contributed by atoms with Crippen LogP contribution >= 0.6 is 41.9 Å². The number of halogens is 3. The van der Waals surface area contributed by atoms with Gasteiger partial charge in [-0.3, -0.25) is 8.54 Å². The van der Waals surface area contributed by atoms with Gasteiger partial charge in [0.25, 0.3) is 0 Å². The first-order valence-electron chi connectivity index (χ1n) is 12.5. The van der Waals surface area contributed by atoms with Gasteiger partial charge in [-0.1, -0.05) is 17.7 Å². The summed E-state index contributed by atoms with van der Waals surface area (Å²) in [5, 5.41) is 16.2. The topological polar surface area (TPSA) is 67.4 Å². The molecule has 3 aromatic carbocycles. The maximum Gasteiger partial charge on any atom is 0.332 e. The van der Waals surface area contributed by atoms with E-state index in [2.05, 4.69) is 43.7 Å². The molecule has 204 valence electrons. The lowest BCUT2D eigenvalue weighted by atomic mass is 9.95. The number of fused-ring (bicyclic) bond motifs is 1. The first-order valence-corrected chi connectivity index (χ1v) is 16.1. The zero-order chi connectivity index (χ0) is 28.1. The van der Waals surface area contributed by atoms with E-state index in [0.717, 1.165) is 35.4 Å². The third kappa shape index (κ3) is 4.67. The van der Waals surface area contributed by atoms with Crippen molar-refractivity contribution in [3.63, 3.8) is 0 Å². The highest BCUT2D eigenvalue weighted by Crippen LogP contribution is 2.43. The molecule has 0 aliphatic carbocycles. The Balaban J connectivity index is 1.50. The molecular formula is C29H24ClFIN5O2S. The van der Waals surface area contributed by atoms with E-state index >= 15 is 4.39 Å². The number of nitrogens with zero attached hydrogens (tertiary/aromatic N) is 4. The van der Waals surface area contributed by atoms with Crippen molar-refractivity contribution in [3.8, 4) is 33.7 Å². The van der Waals surface area contributed by atoms with E-state index in [1.165, 1.54) is 30.4 Å². The molecule has 1 aliphatic rings. The lowest BCUT2D eigenvalue weighted by Crippen LogP contribution is -2.33. The highest BCUT2D eigenvalue weighted by molar-refractivity contribution is 14.2. The predicted octanol–water partition coefficient (Wildman–Crippen LogP) is 7.08. The number of nitrogens with one attached hydrogen (secondary N) is 1. The molecule has 0 bridgehead atoms. The molecule has 3 heterocycles. The van der Waals surface area contributed by atoms with E-state index in [1.807, 2.05) is 29.2 Å². The molecule has 6 rings (SSSR count). The molecule has 2 aromatic heterocycles. The summed E-state index contributed by atoms with van der Waals surface area (Å²) in [6.45, 7) is 3.60. The SMILES string of the molecule is CC1=CN(c2cc(-c3cc(F)cc(-c4ccc(-n5ccn(C)c5=O)c(Cl)c4)c3O)cc3c2ccn3SI)CCN1. The molecule has 0 unspecified atom stereocenters. The molecule has 0 fully saturated rings. The number of hydrogen-bond acceptors (Lipinski definition) is 5. The van der Waals surface area contributed by atoms with Crippen molar-refractivity contribution in [3.05, 3.63) is 100 Å². The average molecular weight is 688 g/mol. The van der Waals surface area contributed by atoms with Crippen molar-refractivity contribution in [2.45, 2.75) is 6.92 Å². The van der Waals surface area contributed by atoms with Crippen LogP contribution in [-0.4, -0.2) is 31.3 Å². The van der Waals surface area contributed by atoms with Crippen LogP contribution in [0.2, 0.25) is 5.02 Å². The number of benzene rings is 3. The molecule has 0 saturated carbocycles. The van der Waals surface area contributed by atoms with Gasteiger partial charge in [-0.2, -0.15) is 0 Å². The van der Waals surface area contributed by atoms with Crippen LogP contribution in [0.3, 0.4) is 0 Å². The van der Waals surface area contributed by atoms with Gasteiger partial charge in [0.15, 0.2) is 0 Å². The van der Waals surface area contributed by atoms with Gasteiger partial charge in [-0.25, -0.2) is 9.18 Å². The van der Waals surface area contributed by atoms with Crippen LogP contribution < -0.4 is 15.9 Å². The number of allylic oxidation sites excluding steroid dienone is 1. The summed E-state index contributed by atoms with van der Waals surface area (Å²) in [5.41, 5.74) is 5.16. The Labute approximate surface area is 251 Å². The Kier molecular flexibility index (Phi) is 7.09. The number of imidazole rings is 1. The molecule has 2 N–H and O–H groups in total. The van der Waals surface area contributed by atoms with Crippen molar-refractivity contribution >= 4 is 58.5 Å². The number of phenolic OH excluding ortho intramolecular Hbond substituents is 1. The van der Waals surface area contributed by atoms with Gasteiger partial charge in [0.1, 0.15) is 11.6 Å². The molecule has 5 aromatic rings. The van der Waals surface area contributed by atoms with Crippen molar-refractivity contribution in [1.82, 2.24) is 18.4 Å². The Hall–Kier alpha value is -3.35.